The number of benzene rings is 2. The second-order valence-electron chi connectivity index (χ2n) is 6.11. The van der Waals surface area contributed by atoms with Gasteiger partial charge in [0.05, 0.1) is 11.4 Å². The first-order chi connectivity index (χ1) is 14.0. The predicted molar refractivity (Wildman–Crippen MR) is 113 cm³/mol. The molecule has 0 radical (unpaired) electrons. The molecule has 1 fully saturated rings. The Morgan fingerprint density at radius 3 is 2.21 bits per heavy atom. The molecule has 0 unspecified atom stereocenters. The minimum atomic E-state index is -0.841. The molecule has 3 aromatic rings. The summed E-state index contributed by atoms with van der Waals surface area (Å²) in [5.74, 6) is -0.835. The molecule has 8 nitrogen and oxygen atoms in total. The molecule has 29 heavy (non-hydrogen) atoms. The van der Waals surface area contributed by atoms with E-state index in [4.69, 9.17) is 3.07 Å². The van der Waals surface area contributed by atoms with Crippen LogP contribution in [0.4, 0.5) is 4.79 Å². The van der Waals surface area contributed by atoms with E-state index >= 15 is 0 Å². The van der Waals surface area contributed by atoms with Crippen LogP contribution in [0.25, 0.3) is 23.0 Å². The van der Waals surface area contributed by atoms with E-state index in [2.05, 4.69) is 15.7 Å². The molecule has 1 aliphatic heterocycles. The lowest BCUT2D eigenvalue weighted by molar-refractivity contribution is -0.123. The highest BCUT2D eigenvalue weighted by Crippen LogP contribution is 2.28. The molecule has 2 aromatic carbocycles. The molecule has 0 spiro atoms. The smallest absolute Gasteiger partial charge is 0.328 e. The van der Waals surface area contributed by atoms with Crippen molar-refractivity contribution in [3.05, 3.63) is 71.9 Å². The summed E-state index contributed by atoms with van der Waals surface area (Å²) in [5, 5.41) is 8.78. The maximum Gasteiger partial charge on any atom is 0.328 e. The third-order valence-corrected chi connectivity index (χ3v) is 4.73. The Morgan fingerprint density at radius 2 is 1.59 bits per heavy atom. The van der Waals surface area contributed by atoms with Gasteiger partial charge in [-0.25, -0.2) is 9.48 Å². The molecule has 9 heteroatoms. The van der Waals surface area contributed by atoms with Crippen molar-refractivity contribution in [1.82, 2.24) is 20.4 Å². The van der Waals surface area contributed by atoms with Crippen LogP contribution in [0, 0.1) is 0 Å². The number of hydrogen-bond donors (Lipinski definition) is 2. The van der Waals surface area contributed by atoms with E-state index in [0.717, 1.165) is 11.3 Å². The lowest BCUT2D eigenvalue weighted by Gasteiger charge is -2.13. The van der Waals surface area contributed by atoms with Crippen molar-refractivity contribution in [1.29, 1.82) is 0 Å². The molecule has 0 bridgehead atoms. The van der Waals surface area contributed by atoms with E-state index in [1.54, 1.807) is 46.0 Å². The number of carbonyl (C=O) groups is 3. The molecular weight excluding hydrogens is 487 g/mol. The van der Waals surface area contributed by atoms with Crippen molar-refractivity contribution in [2.75, 3.05) is 0 Å². The van der Waals surface area contributed by atoms with Gasteiger partial charge in [0.2, 0.25) is 0 Å². The number of barbiturate groups is 1. The molecule has 4 rings (SSSR count). The number of aromatic nitrogens is 2. The Bertz CT molecular complexity index is 1120. The molecule has 2 N–H and O–H groups in total. The number of nitrogens with zero attached hydrogens (tertiary/aromatic N) is 2. The standard InChI is InChI=1S/C20H13IN4O4/c21-29-15-8-6-12(7-9-15)17-13(10-16-18(26)22-20(28)23-19(16)27)11-25(24-17)14-4-2-1-3-5-14/h1-11H,(H2,22,23,26,27,28). The molecule has 1 aromatic heterocycles. The highest BCUT2D eigenvalue weighted by molar-refractivity contribution is 14.1. The van der Waals surface area contributed by atoms with Gasteiger partial charge in [-0.3, -0.25) is 20.2 Å². The third kappa shape index (κ3) is 3.90. The van der Waals surface area contributed by atoms with Crippen LogP contribution in [0.15, 0.2) is 66.4 Å². The van der Waals surface area contributed by atoms with Gasteiger partial charge in [-0.1, -0.05) is 18.2 Å². The van der Waals surface area contributed by atoms with Gasteiger partial charge in [-0.15, -0.1) is 0 Å². The van der Waals surface area contributed by atoms with E-state index in [1.807, 2.05) is 42.5 Å². The van der Waals surface area contributed by atoms with Gasteiger partial charge in [0.15, 0.2) is 23.0 Å². The minimum absolute atomic E-state index is 0.175. The van der Waals surface area contributed by atoms with Crippen LogP contribution in [-0.2, 0) is 9.59 Å². The number of carbonyl (C=O) groups excluding carboxylic acids is 3. The van der Waals surface area contributed by atoms with E-state index in [0.29, 0.717) is 17.0 Å². The van der Waals surface area contributed by atoms with Crippen molar-refractivity contribution in [3.63, 3.8) is 0 Å². The van der Waals surface area contributed by atoms with Crippen molar-refractivity contribution >= 4 is 46.9 Å². The second-order valence-corrected chi connectivity index (χ2v) is 6.55. The number of para-hydroxylation sites is 1. The number of imide groups is 2. The molecule has 2 heterocycles. The van der Waals surface area contributed by atoms with Crippen LogP contribution in [-0.4, -0.2) is 27.6 Å². The summed E-state index contributed by atoms with van der Waals surface area (Å²) in [7, 11) is 0. The molecular formula is C20H13IN4O4. The largest absolute Gasteiger partial charge is 0.428 e. The fourth-order valence-corrected chi connectivity index (χ4v) is 3.15. The number of nitrogens with one attached hydrogen (secondary N) is 2. The summed E-state index contributed by atoms with van der Waals surface area (Å²) in [6.45, 7) is 0. The normalized spacial score (nSPS) is 13.7. The van der Waals surface area contributed by atoms with Gasteiger partial charge >= 0.3 is 6.03 Å². The number of rotatable bonds is 4. The third-order valence-electron chi connectivity index (χ3n) is 4.22. The zero-order chi connectivity index (χ0) is 20.4. The highest BCUT2D eigenvalue weighted by atomic mass is 127. The summed E-state index contributed by atoms with van der Waals surface area (Å²) in [5.41, 5.74) is 2.53. The number of halogens is 1. The SMILES string of the molecule is O=C1NC(=O)C(=Cc2cn(-c3ccccc3)nc2-c2ccc(OI)cc2)C(=O)N1. The lowest BCUT2D eigenvalue weighted by atomic mass is 10.0. The first kappa shape index (κ1) is 18.9. The van der Waals surface area contributed by atoms with Crippen LogP contribution in [0.2, 0.25) is 0 Å². The second kappa shape index (κ2) is 7.87. The molecule has 4 amide bonds. The maximum atomic E-state index is 12.1. The Morgan fingerprint density at radius 1 is 0.931 bits per heavy atom. The lowest BCUT2D eigenvalue weighted by Crippen LogP contribution is -2.51. The predicted octanol–water partition coefficient (Wildman–Crippen LogP) is 3.02. The van der Waals surface area contributed by atoms with Gasteiger partial charge in [-0.2, -0.15) is 5.10 Å². The number of urea groups is 1. The van der Waals surface area contributed by atoms with E-state index in [1.165, 1.54) is 6.08 Å². The minimum Gasteiger partial charge on any atom is -0.428 e. The maximum absolute atomic E-state index is 12.1. The molecule has 144 valence electrons. The van der Waals surface area contributed by atoms with Gasteiger partial charge in [0, 0.05) is 17.3 Å². The van der Waals surface area contributed by atoms with Gasteiger partial charge in [-0.05, 0) is 42.5 Å². The van der Waals surface area contributed by atoms with Crippen LogP contribution >= 0.6 is 23.0 Å². The average Bonchev–Trinajstić information content (AvgIpc) is 3.15. The Labute approximate surface area is 179 Å². The first-order valence-corrected chi connectivity index (χ1v) is 9.36. The summed E-state index contributed by atoms with van der Waals surface area (Å²) in [6, 6.07) is 15.8. The Balaban J connectivity index is 1.84. The average molecular weight is 500 g/mol. The fraction of sp³-hybridized carbons (Fsp3) is 0. The first-order valence-electron chi connectivity index (χ1n) is 8.47. The Kier molecular flexibility index (Phi) is 5.12. The van der Waals surface area contributed by atoms with Crippen molar-refractivity contribution in [2.24, 2.45) is 0 Å². The monoisotopic (exact) mass is 500 g/mol. The van der Waals surface area contributed by atoms with Crippen molar-refractivity contribution in [3.8, 4) is 22.7 Å². The van der Waals surface area contributed by atoms with Crippen molar-refractivity contribution in [2.45, 2.75) is 0 Å². The van der Waals surface area contributed by atoms with Crippen molar-refractivity contribution < 1.29 is 17.4 Å². The zero-order valence-corrected chi connectivity index (χ0v) is 16.9. The topological polar surface area (TPSA) is 102 Å². The van der Waals surface area contributed by atoms with Crippen LogP contribution in [0.5, 0.6) is 5.75 Å². The molecule has 0 atom stereocenters. The van der Waals surface area contributed by atoms with Gasteiger partial charge in [0.25, 0.3) is 11.8 Å². The summed E-state index contributed by atoms with van der Waals surface area (Å²) >= 11 is 1.80. The van der Waals surface area contributed by atoms with Gasteiger partial charge in [0.1, 0.15) is 11.3 Å². The Hall–Kier alpha value is -3.47. The summed E-state index contributed by atoms with van der Waals surface area (Å²) in [4.78, 5) is 35.5. The molecule has 0 aliphatic carbocycles. The molecule has 0 saturated carbocycles. The van der Waals surface area contributed by atoms with Crippen LogP contribution in [0.1, 0.15) is 5.56 Å². The summed E-state index contributed by atoms with van der Waals surface area (Å²) in [6.07, 6.45) is 3.14. The molecule has 1 saturated heterocycles. The summed E-state index contributed by atoms with van der Waals surface area (Å²) < 4.78 is 6.83. The van der Waals surface area contributed by atoms with Crippen LogP contribution < -0.4 is 13.7 Å². The zero-order valence-electron chi connectivity index (χ0n) is 14.8. The van der Waals surface area contributed by atoms with E-state index in [-0.39, 0.29) is 5.57 Å². The number of hydrogen-bond acceptors (Lipinski definition) is 5. The fourth-order valence-electron chi connectivity index (χ4n) is 2.86. The van der Waals surface area contributed by atoms with Gasteiger partial charge < -0.3 is 3.07 Å². The highest BCUT2D eigenvalue weighted by Gasteiger charge is 2.28. The quantitative estimate of drug-likeness (QED) is 0.326. The van der Waals surface area contributed by atoms with Crippen LogP contribution in [0.3, 0.4) is 0 Å². The van der Waals surface area contributed by atoms with E-state index < -0.39 is 17.8 Å². The van der Waals surface area contributed by atoms with E-state index in [9.17, 15) is 14.4 Å². The number of amides is 4. The molecule has 1 aliphatic rings.